The molecule has 1 fully saturated rings. The summed E-state index contributed by atoms with van der Waals surface area (Å²) >= 11 is 1.57. The zero-order valence-corrected chi connectivity index (χ0v) is 15.9. The average Bonchev–Trinajstić information content (AvgIpc) is 3.24. The van der Waals surface area contributed by atoms with E-state index in [1.807, 2.05) is 22.4 Å². The molecule has 1 amide bonds. The summed E-state index contributed by atoms with van der Waals surface area (Å²) in [7, 11) is 1.66. The Kier molecular flexibility index (Phi) is 4.80. The number of benzene rings is 1. The number of hydrogen-bond donors (Lipinski definition) is 1. The van der Waals surface area contributed by atoms with Crippen LogP contribution in [0.2, 0.25) is 0 Å². The highest BCUT2D eigenvalue weighted by Gasteiger charge is 2.29. The molecule has 3 aromatic rings. The number of hydrogen-bond acceptors (Lipinski definition) is 5. The molecule has 7 heteroatoms. The number of thiophene rings is 1. The van der Waals surface area contributed by atoms with Crippen molar-refractivity contribution in [3.63, 3.8) is 0 Å². The summed E-state index contributed by atoms with van der Waals surface area (Å²) in [6, 6.07) is 8.96. The van der Waals surface area contributed by atoms with Crippen LogP contribution in [-0.4, -0.2) is 38.6 Å². The molecule has 1 aliphatic heterocycles. The van der Waals surface area contributed by atoms with E-state index < -0.39 is 6.10 Å². The lowest BCUT2D eigenvalue weighted by Gasteiger charge is -2.34. The molecule has 3 heterocycles. The maximum absolute atomic E-state index is 12.9. The van der Waals surface area contributed by atoms with Gasteiger partial charge in [0, 0.05) is 30.6 Å². The number of carbonyl (C=O) groups is 1. The Bertz CT molecular complexity index is 1020. The van der Waals surface area contributed by atoms with Gasteiger partial charge in [-0.2, -0.15) is 0 Å². The minimum atomic E-state index is -0.455. The fraction of sp³-hybridized carbons (Fsp3) is 0.350. The molecule has 1 atom stereocenters. The minimum absolute atomic E-state index is 0.0524. The summed E-state index contributed by atoms with van der Waals surface area (Å²) in [4.78, 5) is 32.0. The summed E-state index contributed by atoms with van der Waals surface area (Å²) in [5.74, 6) is 0.123. The number of aryl methyl sites for hydroxylation is 1. The molecule has 27 heavy (non-hydrogen) atoms. The van der Waals surface area contributed by atoms with E-state index in [0.29, 0.717) is 29.6 Å². The lowest BCUT2D eigenvalue weighted by Crippen LogP contribution is -2.39. The highest BCUT2D eigenvalue weighted by Crippen LogP contribution is 2.33. The number of aromatic nitrogens is 2. The van der Waals surface area contributed by atoms with Gasteiger partial charge in [-0.05, 0) is 48.4 Å². The fourth-order valence-electron chi connectivity index (χ4n) is 3.64. The maximum Gasteiger partial charge on any atom is 0.260 e. The fourth-order valence-corrected chi connectivity index (χ4v) is 4.44. The van der Waals surface area contributed by atoms with E-state index >= 15 is 0 Å². The Hall–Kier alpha value is -2.51. The molecule has 1 saturated heterocycles. The molecule has 0 bridgehead atoms. The van der Waals surface area contributed by atoms with Crippen LogP contribution in [0.5, 0.6) is 0 Å². The average molecular weight is 383 g/mol. The number of carbonyl (C=O) groups excluding carboxylic acids is 1. The van der Waals surface area contributed by atoms with Crippen LogP contribution < -0.4 is 5.56 Å². The Morgan fingerprint density at radius 1 is 1.30 bits per heavy atom. The SMILES string of the molecule is Cn1cnc2cc(C(=O)N3CCC(C(O)c4cccs4)CC3)ccc2c1=O. The molecular weight excluding hydrogens is 362 g/mol. The van der Waals surface area contributed by atoms with Crippen LogP contribution in [0, 0.1) is 5.92 Å². The van der Waals surface area contributed by atoms with E-state index in [9.17, 15) is 14.7 Å². The molecule has 1 aliphatic rings. The van der Waals surface area contributed by atoms with Gasteiger partial charge in [-0.25, -0.2) is 4.98 Å². The van der Waals surface area contributed by atoms with Gasteiger partial charge in [-0.15, -0.1) is 11.3 Å². The largest absolute Gasteiger partial charge is 0.387 e. The van der Waals surface area contributed by atoms with E-state index in [4.69, 9.17) is 0 Å². The molecular formula is C20H21N3O3S. The van der Waals surface area contributed by atoms with Crippen LogP contribution in [0.4, 0.5) is 0 Å². The normalized spacial score (nSPS) is 16.6. The third-order valence-electron chi connectivity index (χ3n) is 5.27. The number of rotatable bonds is 3. The van der Waals surface area contributed by atoms with Gasteiger partial charge in [0.25, 0.3) is 11.5 Å². The Balaban J connectivity index is 1.47. The van der Waals surface area contributed by atoms with Crippen LogP contribution >= 0.6 is 11.3 Å². The number of amides is 1. The van der Waals surface area contributed by atoms with Gasteiger partial charge >= 0.3 is 0 Å². The van der Waals surface area contributed by atoms with Gasteiger partial charge in [-0.1, -0.05) is 6.07 Å². The van der Waals surface area contributed by atoms with E-state index in [1.165, 1.54) is 10.9 Å². The standard InChI is InChI=1S/C20H21N3O3S/c1-22-12-21-16-11-14(4-5-15(16)20(22)26)19(25)23-8-6-13(7-9-23)18(24)17-3-2-10-27-17/h2-5,10-13,18,24H,6-9H2,1H3. The van der Waals surface area contributed by atoms with E-state index in [-0.39, 0.29) is 17.4 Å². The first-order valence-electron chi connectivity index (χ1n) is 9.01. The third kappa shape index (κ3) is 3.40. The number of aliphatic hydroxyl groups is 1. The van der Waals surface area contributed by atoms with Crippen molar-refractivity contribution in [1.82, 2.24) is 14.5 Å². The summed E-state index contributed by atoms with van der Waals surface area (Å²) in [6.45, 7) is 1.24. The second-order valence-electron chi connectivity index (χ2n) is 6.98. The van der Waals surface area contributed by atoms with Gasteiger partial charge in [0.2, 0.25) is 0 Å². The summed E-state index contributed by atoms with van der Waals surface area (Å²) in [5.41, 5.74) is 0.954. The molecule has 140 valence electrons. The highest BCUT2D eigenvalue weighted by molar-refractivity contribution is 7.10. The molecule has 0 aliphatic carbocycles. The van der Waals surface area contributed by atoms with E-state index in [1.54, 1.807) is 36.6 Å². The lowest BCUT2D eigenvalue weighted by atomic mass is 9.90. The summed E-state index contributed by atoms with van der Waals surface area (Å²) in [6.07, 6.45) is 2.56. The molecule has 0 radical (unpaired) electrons. The minimum Gasteiger partial charge on any atom is -0.387 e. The smallest absolute Gasteiger partial charge is 0.260 e. The topological polar surface area (TPSA) is 75.4 Å². The first kappa shape index (κ1) is 17.9. The van der Waals surface area contributed by atoms with Gasteiger partial charge in [-0.3, -0.25) is 9.59 Å². The molecule has 0 saturated carbocycles. The summed E-state index contributed by atoms with van der Waals surface area (Å²) < 4.78 is 1.42. The lowest BCUT2D eigenvalue weighted by molar-refractivity contribution is 0.0474. The highest BCUT2D eigenvalue weighted by atomic mass is 32.1. The van der Waals surface area contributed by atoms with Crippen molar-refractivity contribution in [1.29, 1.82) is 0 Å². The number of aliphatic hydroxyl groups excluding tert-OH is 1. The molecule has 6 nitrogen and oxygen atoms in total. The van der Waals surface area contributed by atoms with Crippen LogP contribution in [0.15, 0.2) is 46.8 Å². The van der Waals surface area contributed by atoms with E-state index in [0.717, 1.165) is 17.7 Å². The van der Waals surface area contributed by atoms with Crippen LogP contribution in [-0.2, 0) is 7.05 Å². The molecule has 1 aromatic carbocycles. The van der Waals surface area contributed by atoms with Gasteiger partial charge in [0.15, 0.2) is 0 Å². The van der Waals surface area contributed by atoms with Crippen molar-refractivity contribution in [3.8, 4) is 0 Å². The first-order chi connectivity index (χ1) is 13.0. The predicted molar refractivity (Wildman–Crippen MR) is 105 cm³/mol. The third-order valence-corrected chi connectivity index (χ3v) is 6.22. The van der Waals surface area contributed by atoms with Crippen molar-refractivity contribution < 1.29 is 9.90 Å². The molecule has 0 spiro atoms. The number of likely N-dealkylation sites (tertiary alicyclic amines) is 1. The first-order valence-corrected chi connectivity index (χ1v) is 9.88. The number of piperidine rings is 1. The Labute approximate surface area is 160 Å². The van der Waals surface area contributed by atoms with Crippen molar-refractivity contribution >= 4 is 28.1 Å². The summed E-state index contributed by atoms with van der Waals surface area (Å²) in [5, 5.41) is 13.0. The monoisotopic (exact) mass is 383 g/mol. The second kappa shape index (κ2) is 7.25. The maximum atomic E-state index is 12.9. The van der Waals surface area contributed by atoms with Crippen LogP contribution in [0.1, 0.15) is 34.2 Å². The van der Waals surface area contributed by atoms with E-state index in [2.05, 4.69) is 4.98 Å². The number of fused-ring (bicyclic) bond motifs is 1. The quantitative estimate of drug-likeness (QED) is 0.754. The molecule has 4 rings (SSSR count). The predicted octanol–water partition coefficient (Wildman–Crippen LogP) is 2.58. The Morgan fingerprint density at radius 2 is 2.07 bits per heavy atom. The van der Waals surface area contributed by atoms with Gasteiger partial charge < -0.3 is 14.6 Å². The molecule has 1 unspecified atom stereocenters. The molecule has 1 N–H and O–H groups in total. The second-order valence-corrected chi connectivity index (χ2v) is 7.96. The van der Waals surface area contributed by atoms with Gasteiger partial charge in [0.05, 0.1) is 23.3 Å². The Morgan fingerprint density at radius 3 is 2.78 bits per heavy atom. The van der Waals surface area contributed by atoms with Crippen molar-refractivity contribution in [2.24, 2.45) is 13.0 Å². The zero-order valence-electron chi connectivity index (χ0n) is 15.0. The zero-order chi connectivity index (χ0) is 19.0. The van der Waals surface area contributed by atoms with Crippen molar-refractivity contribution in [3.05, 3.63) is 62.8 Å². The van der Waals surface area contributed by atoms with Crippen molar-refractivity contribution in [2.75, 3.05) is 13.1 Å². The van der Waals surface area contributed by atoms with Crippen LogP contribution in [0.3, 0.4) is 0 Å². The van der Waals surface area contributed by atoms with Gasteiger partial charge in [0.1, 0.15) is 0 Å². The molecule has 2 aromatic heterocycles. The van der Waals surface area contributed by atoms with Crippen molar-refractivity contribution in [2.45, 2.75) is 18.9 Å². The van der Waals surface area contributed by atoms with Crippen LogP contribution in [0.25, 0.3) is 10.9 Å². The number of nitrogens with zero attached hydrogens (tertiary/aromatic N) is 3.